The van der Waals surface area contributed by atoms with Gasteiger partial charge in [0.1, 0.15) is 11.6 Å². The Kier molecular flexibility index (Phi) is 3.46. The first-order valence-electron chi connectivity index (χ1n) is 6.72. The molecule has 2 N–H and O–H groups in total. The molecule has 2 aromatic heterocycles. The molecule has 19 heavy (non-hydrogen) atoms. The van der Waals surface area contributed by atoms with Crippen molar-refractivity contribution in [3.63, 3.8) is 0 Å². The normalized spacial score (nSPS) is 18.7. The molecular weight excluding hydrogens is 238 g/mol. The fourth-order valence-corrected chi connectivity index (χ4v) is 2.47. The van der Waals surface area contributed by atoms with Crippen LogP contribution in [0.3, 0.4) is 0 Å². The quantitative estimate of drug-likeness (QED) is 0.877. The average molecular weight is 257 g/mol. The molecule has 0 amide bonds. The standard InChI is InChI=1S/C14H19N5/c1-19-8-7-17-14(19)10-18-13-9-11(4-6-16-13)12-3-2-5-15-12/h4,6-9,12,15H,2-3,5,10H2,1H3,(H,16,18). The highest BCUT2D eigenvalue weighted by atomic mass is 15.1. The molecule has 2 aromatic rings. The van der Waals surface area contributed by atoms with Crippen molar-refractivity contribution in [3.05, 3.63) is 42.1 Å². The zero-order chi connectivity index (χ0) is 13.1. The molecule has 100 valence electrons. The van der Waals surface area contributed by atoms with E-state index in [1.807, 2.05) is 30.2 Å². The molecule has 1 fully saturated rings. The van der Waals surface area contributed by atoms with E-state index in [1.165, 1.54) is 18.4 Å². The minimum absolute atomic E-state index is 0.483. The van der Waals surface area contributed by atoms with Gasteiger partial charge in [-0.1, -0.05) is 0 Å². The molecule has 1 aliphatic rings. The Bertz CT molecular complexity index is 542. The van der Waals surface area contributed by atoms with Crippen molar-refractivity contribution in [1.29, 1.82) is 0 Å². The molecule has 5 nitrogen and oxygen atoms in total. The van der Waals surface area contributed by atoms with E-state index in [-0.39, 0.29) is 0 Å². The third kappa shape index (κ3) is 2.76. The summed E-state index contributed by atoms with van der Waals surface area (Å²) in [5.74, 6) is 1.92. The molecular formula is C14H19N5. The highest BCUT2D eigenvalue weighted by molar-refractivity contribution is 5.39. The smallest absolute Gasteiger partial charge is 0.127 e. The highest BCUT2D eigenvalue weighted by Gasteiger charge is 2.16. The van der Waals surface area contributed by atoms with Crippen LogP contribution in [0.1, 0.15) is 30.3 Å². The third-order valence-corrected chi connectivity index (χ3v) is 3.60. The Balaban J connectivity index is 1.67. The fraction of sp³-hybridized carbons (Fsp3) is 0.429. The number of nitrogens with one attached hydrogen (secondary N) is 2. The second-order valence-electron chi connectivity index (χ2n) is 4.93. The van der Waals surface area contributed by atoms with Crippen molar-refractivity contribution in [1.82, 2.24) is 19.9 Å². The van der Waals surface area contributed by atoms with E-state index in [4.69, 9.17) is 0 Å². The molecule has 5 heteroatoms. The predicted octanol–water partition coefficient (Wildman–Crippen LogP) is 1.85. The largest absolute Gasteiger partial charge is 0.363 e. The van der Waals surface area contributed by atoms with Crippen molar-refractivity contribution in [2.45, 2.75) is 25.4 Å². The summed E-state index contributed by atoms with van der Waals surface area (Å²) in [7, 11) is 2.00. The van der Waals surface area contributed by atoms with Crippen LogP contribution in [0.5, 0.6) is 0 Å². The van der Waals surface area contributed by atoms with E-state index in [1.54, 1.807) is 0 Å². The number of aromatic nitrogens is 3. The molecule has 3 heterocycles. The van der Waals surface area contributed by atoms with Crippen LogP contribution in [-0.2, 0) is 13.6 Å². The number of aryl methyl sites for hydroxylation is 1. The van der Waals surface area contributed by atoms with E-state index in [0.717, 1.165) is 18.2 Å². The van der Waals surface area contributed by atoms with Crippen LogP contribution in [0.2, 0.25) is 0 Å². The van der Waals surface area contributed by atoms with Gasteiger partial charge in [0.2, 0.25) is 0 Å². The van der Waals surface area contributed by atoms with Gasteiger partial charge in [-0.05, 0) is 37.1 Å². The van der Waals surface area contributed by atoms with Gasteiger partial charge in [-0.3, -0.25) is 0 Å². The van der Waals surface area contributed by atoms with Gasteiger partial charge >= 0.3 is 0 Å². The monoisotopic (exact) mass is 257 g/mol. The number of nitrogens with zero attached hydrogens (tertiary/aromatic N) is 3. The summed E-state index contributed by atoms with van der Waals surface area (Å²) in [6.45, 7) is 1.81. The van der Waals surface area contributed by atoms with Gasteiger partial charge < -0.3 is 15.2 Å². The molecule has 0 aliphatic carbocycles. The van der Waals surface area contributed by atoms with Crippen LogP contribution >= 0.6 is 0 Å². The molecule has 1 aliphatic heterocycles. The molecule has 0 radical (unpaired) electrons. The lowest BCUT2D eigenvalue weighted by atomic mass is 10.1. The predicted molar refractivity (Wildman–Crippen MR) is 74.7 cm³/mol. The summed E-state index contributed by atoms with van der Waals surface area (Å²) < 4.78 is 2.01. The summed E-state index contributed by atoms with van der Waals surface area (Å²) >= 11 is 0. The number of pyridine rings is 1. The molecule has 1 unspecified atom stereocenters. The van der Waals surface area contributed by atoms with Crippen molar-refractivity contribution in [2.75, 3.05) is 11.9 Å². The van der Waals surface area contributed by atoms with Crippen LogP contribution < -0.4 is 10.6 Å². The van der Waals surface area contributed by atoms with Crippen LogP contribution in [0.15, 0.2) is 30.7 Å². The van der Waals surface area contributed by atoms with Gasteiger partial charge in [0, 0.05) is 31.7 Å². The molecule has 0 saturated carbocycles. The average Bonchev–Trinajstić information content (AvgIpc) is 3.08. The van der Waals surface area contributed by atoms with Crippen molar-refractivity contribution >= 4 is 5.82 Å². The Labute approximate surface area is 113 Å². The second kappa shape index (κ2) is 5.40. The second-order valence-corrected chi connectivity index (χ2v) is 4.93. The molecule has 0 aromatic carbocycles. The topological polar surface area (TPSA) is 54.8 Å². The number of anilines is 1. The van der Waals surface area contributed by atoms with E-state index < -0.39 is 0 Å². The Morgan fingerprint density at radius 2 is 2.37 bits per heavy atom. The van der Waals surface area contributed by atoms with Crippen LogP contribution in [-0.4, -0.2) is 21.1 Å². The van der Waals surface area contributed by atoms with Crippen molar-refractivity contribution in [3.8, 4) is 0 Å². The number of hydrogen-bond acceptors (Lipinski definition) is 4. The van der Waals surface area contributed by atoms with E-state index in [0.29, 0.717) is 12.6 Å². The minimum atomic E-state index is 0.483. The highest BCUT2D eigenvalue weighted by Crippen LogP contribution is 2.24. The van der Waals surface area contributed by atoms with E-state index in [2.05, 4.69) is 32.7 Å². The Morgan fingerprint density at radius 3 is 3.11 bits per heavy atom. The van der Waals surface area contributed by atoms with E-state index >= 15 is 0 Å². The maximum absolute atomic E-state index is 4.36. The van der Waals surface area contributed by atoms with Crippen molar-refractivity contribution < 1.29 is 0 Å². The van der Waals surface area contributed by atoms with Crippen LogP contribution in [0, 0.1) is 0 Å². The summed E-state index contributed by atoms with van der Waals surface area (Å²) in [5, 5.41) is 6.84. The number of rotatable bonds is 4. The maximum atomic E-state index is 4.36. The van der Waals surface area contributed by atoms with Gasteiger partial charge in [-0.2, -0.15) is 0 Å². The lowest BCUT2D eigenvalue weighted by Gasteiger charge is -2.12. The van der Waals surface area contributed by atoms with E-state index in [9.17, 15) is 0 Å². The molecule has 1 saturated heterocycles. The van der Waals surface area contributed by atoms with Gasteiger partial charge in [-0.15, -0.1) is 0 Å². The Morgan fingerprint density at radius 1 is 1.42 bits per heavy atom. The number of hydrogen-bond donors (Lipinski definition) is 2. The number of imidazole rings is 1. The zero-order valence-electron chi connectivity index (χ0n) is 11.1. The first-order chi connectivity index (χ1) is 9.33. The van der Waals surface area contributed by atoms with Gasteiger partial charge in [-0.25, -0.2) is 9.97 Å². The third-order valence-electron chi connectivity index (χ3n) is 3.60. The fourth-order valence-electron chi connectivity index (χ4n) is 2.47. The maximum Gasteiger partial charge on any atom is 0.127 e. The SMILES string of the molecule is Cn1ccnc1CNc1cc(C2CCCN2)ccn1. The summed E-state index contributed by atoms with van der Waals surface area (Å²) in [6.07, 6.45) is 8.09. The lowest BCUT2D eigenvalue weighted by molar-refractivity contribution is 0.647. The summed E-state index contributed by atoms with van der Waals surface area (Å²) in [5.41, 5.74) is 1.31. The van der Waals surface area contributed by atoms with Gasteiger partial charge in [0.15, 0.2) is 0 Å². The first kappa shape index (κ1) is 12.2. The summed E-state index contributed by atoms with van der Waals surface area (Å²) in [4.78, 5) is 8.66. The molecule has 3 rings (SSSR count). The van der Waals surface area contributed by atoms with Crippen LogP contribution in [0.4, 0.5) is 5.82 Å². The Hall–Kier alpha value is -1.88. The molecule has 1 atom stereocenters. The summed E-state index contributed by atoms with van der Waals surface area (Å²) in [6, 6.07) is 4.71. The minimum Gasteiger partial charge on any atom is -0.363 e. The molecule has 0 bridgehead atoms. The van der Waals surface area contributed by atoms with Gasteiger partial charge in [0.05, 0.1) is 6.54 Å². The first-order valence-corrected chi connectivity index (χ1v) is 6.72. The van der Waals surface area contributed by atoms with Gasteiger partial charge in [0.25, 0.3) is 0 Å². The molecule has 0 spiro atoms. The van der Waals surface area contributed by atoms with Crippen molar-refractivity contribution in [2.24, 2.45) is 7.05 Å². The zero-order valence-corrected chi connectivity index (χ0v) is 11.1. The lowest BCUT2D eigenvalue weighted by Crippen LogP contribution is -2.13. The van der Waals surface area contributed by atoms with Crippen LogP contribution in [0.25, 0.3) is 0 Å².